The molecule has 0 saturated carbocycles. The Morgan fingerprint density at radius 1 is 1.29 bits per heavy atom. The molecule has 0 aromatic heterocycles. The van der Waals surface area contributed by atoms with Crippen LogP contribution in [0.5, 0.6) is 0 Å². The Bertz CT molecular complexity index is 423. The van der Waals surface area contributed by atoms with Crippen molar-refractivity contribution in [3.63, 3.8) is 0 Å². The minimum atomic E-state index is 0.487. The molecule has 0 aliphatic carbocycles. The van der Waals surface area contributed by atoms with Gasteiger partial charge in [0.1, 0.15) is 0 Å². The Morgan fingerprint density at radius 2 is 2.00 bits per heavy atom. The van der Waals surface area contributed by atoms with E-state index in [-0.39, 0.29) is 0 Å². The van der Waals surface area contributed by atoms with Gasteiger partial charge in [0, 0.05) is 44.0 Å². The zero-order valence-corrected chi connectivity index (χ0v) is 14.7. The quantitative estimate of drug-likeness (QED) is 0.699. The van der Waals surface area contributed by atoms with Crippen molar-refractivity contribution in [3.05, 3.63) is 28.8 Å². The van der Waals surface area contributed by atoms with Gasteiger partial charge >= 0.3 is 0 Å². The van der Waals surface area contributed by atoms with Gasteiger partial charge < -0.3 is 15.0 Å². The zero-order chi connectivity index (χ0) is 15.8. The smallest absolute Gasteiger partial charge is 0.0587 e. The molecule has 3 nitrogen and oxygen atoms in total. The molecule has 0 aliphatic rings. The third-order valence-electron chi connectivity index (χ3n) is 3.70. The van der Waals surface area contributed by atoms with E-state index in [0.717, 1.165) is 24.7 Å². The van der Waals surface area contributed by atoms with Crippen LogP contribution in [0, 0.1) is 5.92 Å². The van der Waals surface area contributed by atoms with E-state index in [1.807, 2.05) is 6.07 Å². The second-order valence-corrected chi connectivity index (χ2v) is 6.47. The highest BCUT2D eigenvalue weighted by atomic mass is 35.5. The Morgan fingerprint density at radius 3 is 2.62 bits per heavy atom. The number of nitrogens with zero attached hydrogens (tertiary/aromatic N) is 1. The van der Waals surface area contributed by atoms with Crippen molar-refractivity contribution in [2.24, 2.45) is 5.92 Å². The predicted molar refractivity (Wildman–Crippen MR) is 92.4 cm³/mol. The van der Waals surface area contributed by atoms with Crippen LogP contribution in [-0.4, -0.2) is 33.4 Å². The molecule has 0 saturated heterocycles. The fourth-order valence-electron chi connectivity index (χ4n) is 2.49. The van der Waals surface area contributed by atoms with Gasteiger partial charge in [0.15, 0.2) is 0 Å². The van der Waals surface area contributed by atoms with E-state index in [0.29, 0.717) is 12.0 Å². The lowest BCUT2D eigenvalue weighted by atomic mass is 10.0. The molecule has 0 heterocycles. The maximum atomic E-state index is 6.19. The van der Waals surface area contributed by atoms with Crippen LogP contribution in [0.1, 0.15) is 32.8 Å². The molecule has 1 aromatic carbocycles. The normalized spacial score (nSPS) is 12.7. The Balaban J connectivity index is 2.80. The second-order valence-electron chi connectivity index (χ2n) is 6.03. The first-order valence-corrected chi connectivity index (χ1v) is 8.04. The Kier molecular flexibility index (Phi) is 8.09. The number of hydrogen-bond acceptors (Lipinski definition) is 3. The molecule has 4 heteroatoms. The molecule has 0 amide bonds. The van der Waals surface area contributed by atoms with Gasteiger partial charge in [-0.1, -0.05) is 31.5 Å². The highest BCUT2D eigenvalue weighted by Gasteiger charge is 2.15. The van der Waals surface area contributed by atoms with Gasteiger partial charge in [-0.05, 0) is 37.0 Å². The fourth-order valence-corrected chi connectivity index (χ4v) is 2.66. The zero-order valence-electron chi connectivity index (χ0n) is 13.9. The van der Waals surface area contributed by atoms with Gasteiger partial charge in [-0.15, -0.1) is 0 Å². The second kappa shape index (κ2) is 9.29. The van der Waals surface area contributed by atoms with E-state index in [2.05, 4.69) is 50.2 Å². The van der Waals surface area contributed by atoms with Crippen molar-refractivity contribution in [1.82, 2.24) is 5.32 Å². The summed E-state index contributed by atoms with van der Waals surface area (Å²) >= 11 is 6.19. The summed E-state index contributed by atoms with van der Waals surface area (Å²) in [6.07, 6.45) is 1.17. The van der Waals surface area contributed by atoms with E-state index in [1.54, 1.807) is 7.11 Å². The SMILES string of the molecule is COCCNCc1ccc(Cl)cc1N(C)C(C)CC(C)C. The van der Waals surface area contributed by atoms with Crippen molar-refractivity contribution in [3.8, 4) is 0 Å². The standard InChI is InChI=1S/C17H29ClN2O/c1-13(2)10-14(3)20(4)17-11-16(18)7-6-15(17)12-19-8-9-21-5/h6-7,11,13-14,19H,8-10,12H2,1-5H3. The van der Waals surface area contributed by atoms with Crippen LogP contribution in [0.2, 0.25) is 5.02 Å². The van der Waals surface area contributed by atoms with Crippen LogP contribution in [0.15, 0.2) is 18.2 Å². The van der Waals surface area contributed by atoms with Crippen molar-refractivity contribution in [1.29, 1.82) is 0 Å². The number of benzene rings is 1. The number of rotatable bonds is 9. The molecule has 0 aliphatic heterocycles. The molecule has 1 aromatic rings. The predicted octanol–water partition coefficient (Wildman–Crippen LogP) is 3.95. The molecule has 1 atom stereocenters. The van der Waals surface area contributed by atoms with Gasteiger partial charge in [0.25, 0.3) is 0 Å². The number of ether oxygens (including phenoxy) is 1. The summed E-state index contributed by atoms with van der Waals surface area (Å²) in [5.41, 5.74) is 2.48. The summed E-state index contributed by atoms with van der Waals surface area (Å²) < 4.78 is 5.06. The lowest BCUT2D eigenvalue weighted by molar-refractivity contribution is 0.199. The molecule has 0 radical (unpaired) electrons. The van der Waals surface area contributed by atoms with Crippen molar-refractivity contribution in [2.75, 3.05) is 32.2 Å². The molecule has 21 heavy (non-hydrogen) atoms. The van der Waals surface area contributed by atoms with Gasteiger partial charge in [0.05, 0.1) is 6.61 Å². The van der Waals surface area contributed by atoms with Crippen molar-refractivity contribution >= 4 is 17.3 Å². The lowest BCUT2D eigenvalue weighted by Gasteiger charge is -2.30. The summed E-state index contributed by atoms with van der Waals surface area (Å²) in [6.45, 7) is 9.19. The van der Waals surface area contributed by atoms with Crippen molar-refractivity contribution in [2.45, 2.75) is 39.8 Å². The van der Waals surface area contributed by atoms with E-state index >= 15 is 0 Å². The van der Waals surface area contributed by atoms with Gasteiger partial charge in [-0.25, -0.2) is 0 Å². The van der Waals surface area contributed by atoms with Crippen LogP contribution in [0.3, 0.4) is 0 Å². The lowest BCUT2D eigenvalue weighted by Crippen LogP contribution is -2.31. The molecule has 0 spiro atoms. The van der Waals surface area contributed by atoms with Gasteiger partial charge in [0.2, 0.25) is 0 Å². The number of nitrogens with one attached hydrogen (secondary N) is 1. The fraction of sp³-hybridized carbons (Fsp3) is 0.647. The van der Waals surface area contributed by atoms with Crippen LogP contribution >= 0.6 is 11.6 Å². The van der Waals surface area contributed by atoms with E-state index in [1.165, 1.54) is 17.7 Å². The number of halogens is 1. The third kappa shape index (κ3) is 6.25. The van der Waals surface area contributed by atoms with Crippen LogP contribution < -0.4 is 10.2 Å². The number of anilines is 1. The van der Waals surface area contributed by atoms with E-state index < -0.39 is 0 Å². The highest BCUT2D eigenvalue weighted by Crippen LogP contribution is 2.27. The topological polar surface area (TPSA) is 24.5 Å². The molecular weight excluding hydrogens is 284 g/mol. The van der Waals surface area contributed by atoms with Crippen LogP contribution in [0.25, 0.3) is 0 Å². The van der Waals surface area contributed by atoms with Crippen LogP contribution in [0.4, 0.5) is 5.69 Å². The first-order valence-electron chi connectivity index (χ1n) is 7.66. The van der Waals surface area contributed by atoms with E-state index in [4.69, 9.17) is 16.3 Å². The van der Waals surface area contributed by atoms with Crippen LogP contribution in [-0.2, 0) is 11.3 Å². The maximum absolute atomic E-state index is 6.19. The van der Waals surface area contributed by atoms with E-state index in [9.17, 15) is 0 Å². The summed E-state index contributed by atoms with van der Waals surface area (Å²) in [5, 5.41) is 4.19. The minimum absolute atomic E-state index is 0.487. The summed E-state index contributed by atoms with van der Waals surface area (Å²) in [5.74, 6) is 0.685. The summed E-state index contributed by atoms with van der Waals surface area (Å²) in [7, 11) is 3.87. The largest absolute Gasteiger partial charge is 0.383 e. The van der Waals surface area contributed by atoms with Gasteiger partial charge in [-0.2, -0.15) is 0 Å². The molecule has 1 N–H and O–H groups in total. The number of methoxy groups -OCH3 is 1. The number of hydrogen-bond donors (Lipinski definition) is 1. The Labute approximate surface area is 134 Å². The van der Waals surface area contributed by atoms with Crippen molar-refractivity contribution < 1.29 is 4.74 Å². The first kappa shape index (κ1) is 18.3. The average Bonchev–Trinajstić information content (AvgIpc) is 2.43. The molecule has 120 valence electrons. The summed E-state index contributed by atoms with van der Waals surface area (Å²) in [4.78, 5) is 2.33. The molecular formula is C17H29ClN2O. The third-order valence-corrected chi connectivity index (χ3v) is 3.93. The molecule has 0 fully saturated rings. The Hall–Kier alpha value is -0.770. The minimum Gasteiger partial charge on any atom is -0.383 e. The summed E-state index contributed by atoms with van der Waals surface area (Å²) in [6, 6.07) is 6.61. The molecule has 1 unspecified atom stereocenters. The first-order chi connectivity index (χ1) is 9.95. The highest BCUT2D eigenvalue weighted by molar-refractivity contribution is 6.30. The maximum Gasteiger partial charge on any atom is 0.0587 e. The van der Waals surface area contributed by atoms with Gasteiger partial charge in [-0.3, -0.25) is 0 Å². The molecule has 0 bridgehead atoms. The monoisotopic (exact) mass is 312 g/mol. The molecule has 1 rings (SSSR count). The average molecular weight is 313 g/mol.